The summed E-state index contributed by atoms with van der Waals surface area (Å²) in [6.45, 7) is 1.83. The van der Waals surface area contributed by atoms with Gasteiger partial charge in [0.05, 0.1) is 11.8 Å². The number of carboxylic acids is 1. The molecular formula is C17H23NO3. The van der Waals surface area contributed by atoms with Crippen LogP contribution in [0.1, 0.15) is 43.7 Å². The second-order valence-corrected chi connectivity index (χ2v) is 6.46. The third-order valence-electron chi connectivity index (χ3n) is 4.46. The number of hydrogen-bond acceptors (Lipinski definition) is 2. The van der Waals surface area contributed by atoms with E-state index in [1.54, 1.807) is 0 Å². The predicted octanol–water partition coefficient (Wildman–Crippen LogP) is 2.54. The average Bonchev–Trinajstić information content (AvgIpc) is 2.45. The van der Waals surface area contributed by atoms with Gasteiger partial charge in [-0.2, -0.15) is 0 Å². The van der Waals surface area contributed by atoms with Gasteiger partial charge in [-0.05, 0) is 36.8 Å². The maximum absolute atomic E-state index is 11.7. The van der Waals surface area contributed by atoms with E-state index in [-0.39, 0.29) is 12.3 Å². The number of amides is 1. The molecule has 0 spiro atoms. The van der Waals surface area contributed by atoms with Crippen molar-refractivity contribution in [3.63, 3.8) is 0 Å². The van der Waals surface area contributed by atoms with E-state index in [9.17, 15) is 14.7 Å². The van der Waals surface area contributed by atoms with Gasteiger partial charge >= 0.3 is 5.97 Å². The maximum Gasteiger partial charge on any atom is 0.309 e. The summed E-state index contributed by atoms with van der Waals surface area (Å²) >= 11 is 0. The molecule has 4 nitrogen and oxygen atoms in total. The van der Waals surface area contributed by atoms with Crippen LogP contribution in [0.2, 0.25) is 1.41 Å². The summed E-state index contributed by atoms with van der Waals surface area (Å²) in [6, 6.07) is 7.43. The van der Waals surface area contributed by atoms with E-state index in [1.807, 2.05) is 36.9 Å². The van der Waals surface area contributed by atoms with E-state index in [4.69, 9.17) is 1.41 Å². The summed E-state index contributed by atoms with van der Waals surface area (Å²) < 4.78 is 6.79. The fourth-order valence-electron chi connectivity index (χ4n) is 2.98. The number of carboxylic acid groups (broad SMARTS) is 1. The highest BCUT2D eigenvalue weighted by molar-refractivity contribution is 5.76. The molecule has 3 N–H and O–H groups in total. The Morgan fingerprint density at radius 2 is 1.95 bits per heavy atom. The van der Waals surface area contributed by atoms with Crippen LogP contribution in [0, 0.1) is 11.3 Å². The number of nitrogens with two attached hydrogens (primary N) is 1. The van der Waals surface area contributed by atoms with Gasteiger partial charge in [0.2, 0.25) is 5.91 Å². The van der Waals surface area contributed by atoms with E-state index in [0.717, 1.165) is 30.4 Å². The zero-order chi connectivity index (χ0) is 16.2. The SMILES string of the molecule is [2H]NC(=O)Cc1ccc(CC(C)(CC2CCC2)C(=O)O)cc1. The molecule has 1 atom stereocenters. The lowest BCUT2D eigenvalue weighted by Crippen LogP contribution is -2.34. The standard InChI is InChI=1S/C17H23NO3/c1-17(16(20)21,10-13-3-2-4-13)11-14-7-5-12(6-8-14)9-15(18)19/h5-8,13H,2-4,9-11H2,1H3,(H2,18,19)(H,20,21)/i/hD. The van der Waals surface area contributed by atoms with Crippen molar-refractivity contribution >= 4 is 11.9 Å². The highest BCUT2D eigenvalue weighted by Gasteiger charge is 2.37. The number of rotatable bonds is 7. The van der Waals surface area contributed by atoms with Crippen LogP contribution in [0.15, 0.2) is 24.3 Å². The molecular weight excluding hydrogens is 266 g/mol. The number of hydrogen-bond donors (Lipinski definition) is 2. The second kappa shape index (κ2) is 6.29. The lowest BCUT2D eigenvalue weighted by atomic mass is 9.70. The summed E-state index contributed by atoms with van der Waals surface area (Å²) in [5, 5.41) is 9.59. The molecule has 1 saturated carbocycles. The van der Waals surface area contributed by atoms with Crippen molar-refractivity contribution in [1.82, 2.24) is 0 Å². The second-order valence-electron chi connectivity index (χ2n) is 6.46. The minimum Gasteiger partial charge on any atom is -0.481 e. The van der Waals surface area contributed by atoms with Crippen LogP contribution in [0.25, 0.3) is 0 Å². The molecule has 1 amide bonds. The number of primary amides is 1. The number of benzene rings is 1. The monoisotopic (exact) mass is 290 g/mol. The zero-order valence-corrected chi connectivity index (χ0v) is 12.4. The Morgan fingerprint density at radius 3 is 2.43 bits per heavy atom. The molecule has 0 heterocycles. The van der Waals surface area contributed by atoms with Gasteiger partial charge in [0.15, 0.2) is 1.41 Å². The predicted molar refractivity (Wildman–Crippen MR) is 80.7 cm³/mol. The molecule has 2 rings (SSSR count). The van der Waals surface area contributed by atoms with Crippen LogP contribution in [0.4, 0.5) is 0 Å². The number of carbonyl (C=O) groups is 2. The Hall–Kier alpha value is -1.84. The topological polar surface area (TPSA) is 80.4 Å². The Balaban J connectivity index is 2.03. The van der Waals surface area contributed by atoms with E-state index in [1.165, 1.54) is 6.42 Å². The number of carbonyl (C=O) groups excluding carboxylic acids is 1. The first kappa shape index (κ1) is 14.1. The van der Waals surface area contributed by atoms with Gasteiger partial charge in [-0.25, -0.2) is 0 Å². The van der Waals surface area contributed by atoms with Crippen molar-refractivity contribution in [1.29, 1.82) is 0 Å². The molecule has 1 unspecified atom stereocenters. The van der Waals surface area contributed by atoms with Crippen molar-refractivity contribution < 1.29 is 16.1 Å². The van der Waals surface area contributed by atoms with Gasteiger partial charge in [0, 0.05) is 0 Å². The van der Waals surface area contributed by atoms with Gasteiger partial charge in [0.1, 0.15) is 0 Å². The molecule has 0 aromatic heterocycles. The molecule has 4 heteroatoms. The van der Waals surface area contributed by atoms with Gasteiger partial charge in [0.25, 0.3) is 0 Å². The van der Waals surface area contributed by atoms with E-state index in [0.29, 0.717) is 12.3 Å². The van der Waals surface area contributed by atoms with Gasteiger partial charge in [-0.3, -0.25) is 9.59 Å². The molecule has 0 radical (unpaired) electrons. The van der Waals surface area contributed by atoms with E-state index in [2.05, 4.69) is 0 Å². The minimum absolute atomic E-state index is 0.169. The normalized spacial score (nSPS) is 18.2. The summed E-state index contributed by atoms with van der Waals surface area (Å²) in [7, 11) is 0. The maximum atomic E-state index is 11.7. The Bertz CT molecular complexity index is 539. The van der Waals surface area contributed by atoms with Gasteiger partial charge in [-0.15, -0.1) is 0 Å². The molecule has 1 aliphatic carbocycles. The Morgan fingerprint density at radius 1 is 1.33 bits per heavy atom. The number of aliphatic carboxylic acids is 1. The summed E-state index contributed by atoms with van der Waals surface area (Å²) in [6.07, 6.45) is 4.90. The summed E-state index contributed by atoms with van der Waals surface area (Å²) in [5.41, 5.74) is 2.91. The van der Waals surface area contributed by atoms with Gasteiger partial charge < -0.3 is 10.8 Å². The van der Waals surface area contributed by atoms with Crippen molar-refractivity contribution in [2.75, 3.05) is 0 Å². The molecule has 1 aromatic rings. The van der Waals surface area contributed by atoms with E-state index < -0.39 is 11.4 Å². The fraction of sp³-hybridized carbons (Fsp3) is 0.529. The Kier molecular flexibility index (Phi) is 4.23. The molecule has 0 bridgehead atoms. The third-order valence-corrected chi connectivity index (χ3v) is 4.46. The van der Waals surface area contributed by atoms with Gasteiger partial charge in [-0.1, -0.05) is 43.5 Å². The lowest BCUT2D eigenvalue weighted by Gasteiger charge is -2.34. The quantitative estimate of drug-likeness (QED) is 0.809. The fourth-order valence-corrected chi connectivity index (χ4v) is 2.98. The summed E-state index contributed by atoms with van der Waals surface area (Å²) in [5.74, 6) is -0.550. The molecule has 0 saturated heterocycles. The molecule has 0 aliphatic heterocycles. The molecule has 1 aromatic carbocycles. The molecule has 114 valence electrons. The Labute approximate surface area is 126 Å². The van der Waals surface area contributed by atoms with Crippen molar-refractivity contribution in [3.8, 4) is 0 Å². The molecule has 1 aliphatic rings. The first-order valence-corrected chi connectivity index (χ1v) is 7.45. The average molecular weight is 290 g/mol. The third kappa shape index (κ3) is 4.06. The van der Waals surface area contributed by atoms with Crippen molar-refractivity contribution in [2.45, 2.75) is 45.4 Å². The first-order valence-electron chi connectivity index (χ1n) is 7.95. The summed E-state index contributed by atoms with van der Waals surface area (Å²) in [4.78, 5) is 22.8. The van der Waals surface area contributed by atoms with Crippen LogP contribution >= 0.6 is 0 Å². The highest BCUT2D eigenvalue weighted by atomic mass is 16.4. The van der Waals surface area contributed by atoms with Crippen molar-refractivity contribution in [2.24, 2.45) is 17.1 Å². The molecule has 1 fully saturated rings. The van der Waals surface area contributed by atoms with Crippen LogP contribution < -0.4 is 5.73 Å². The smallest absolute Gasteiger partial charge is 0.309 e. The first-order chi connectivity index (χ1) is 10.4. The molecule has 21 heavy (non-hydrogen) atoms. The van der Waals surface area contributed by atoms with Crippen molar-refractivity contribution in [3.05, 3.63) is 35.4 Å². The largest absolute Gasteiger partial charge is 0.481 e. The van der Waals surface area contributed by atoms with Crippen LogP contribution in [0.5, 0.6) is 0 Å². The highest BCUT2D eigenvalue weighted by Crippen LogP contribution is 2.39. The van der Waals surface area contributed by atoms with E-state index >= 15 is 0 Å². The van der Waals surface area contributed by atoms with Crippen LogP contribution in [0.3, 0.4) is 0 Å². The minimum atomic E-state index is -0.739. The lowest BCUT2D eigenvalue weighted by molar-refractivity contribution is -0.149. The zero-order valence-electron chi connectivity index (χ0n) is 13.4. The van der Waals surface area contributed by atoms with Crippen LogP contribution in [-0.2, 0) is 22.4 Å². The van der Waals surface area contributed by atoms with Crippen LogP contribution in [-0.4, -0.2) is 17.0 Å².